The van der Waals surface area contributed by atoms with Gasteiger partial charge in [0.25, 0.3) is 0 Å². The highest BCUT2D eigenvalue weighted by Crippen LogP contribution is 2.54. The molecule has 0 bridgehead atoms. The van der Waals surface area contributed by atoms with E-state index in [9.17, 15) is 0 Å². The summed E-state index contributed by atoms with van der Waals surface area (Å²) in [5.41, 5.74) is 1.49. The molecule has 1 atom stereocenters. The minimum absolute atomic E-state index is 0.295. The van der Waals surface area contributed by atoms with Crippen molar-refractivity contribution in [1.29, 1.82) is 0 Å². The third-order valence-corrected chi connectivity index (χ3v) is 10.6. The van der Waals surface area contributed by atoms with Crippen molar-refractivity contribution in [2.45, 2.75) is 127 Å². The van der Waals surface area contributed by atoms with Crippen LogP contribution in [0, 0.1) is 0 Å². The molecule has 0 saturated heterocycles. The van der Waals surface area contributed by atoms with Crippen LogP contribution in [0.15, 0.2) is 40.4 Å². The van der Waals surface area contributed by atoms with Crippen molar-refractivity contribution in [3.8, 4) is 10.4 Å². The lowest BCUT2D eigenvalue weighted by atomic mass is 9.92. The van der Waals surface area contributed by atoms with Gasteiger partial charge in [-0.25, -0.2) is 0 Å². The Kier molecular flexibility index (Phi) is 13.3. The number of allylic oxidation sites excluding steroid dienone is 1. The Bertz CT molecular complexity index is 747. The number of thioether (sulfide) groups is 1. The minimum Gasteiger partial charge on any atom is -0.147 e. The molecular formula is C30H46S3. The normalized spacial score (nSPS) is 17.8. The number of thiophene rings is 2. The summed E-state index contributed by atoms with van der Waals surface area (Å²) in [4.78, 5) is 3.05. The molecule has 1 unspecified atom stereocenters. The van der Waals surface area contributed by atoms with Crippen molar-refractivity contribution in [1.82, 2.24) is 0 Å². The fourth-order valence-corrected chi connectivity index (χ4v) is 8.41. The monoisotopic (exact) mass is 502 g/mol. The van der Waals surface area contributed by atoms with Crippen molar-refractivity contribution in [3.63, 3.8) is 0 Å². The zero-order valence-corrected chi connectivity index (χ0v) is 23.4. The lowest BCUT2D eigenvalue weighted by molar-refractivity contribution is 0.505. The van der Waals surface area contributed by atoms with Gasteiger partial charge in [0.2, 0.25) is 0 Å². The molecule has 0 N–H and O–H groups in total. The van der Waals surface area contributed by atoms with E-state index in [1.807, 2.05) is 22.7 Å². The summed E-state index contributed by atoms with van der Waals surface area (Å²) in [7, 11) is 0. The molecule has 0 spiro atoms. The first kappa shape index (κ1) is 27.1. The molecule has 3 heterocycles. The van der Waals surface area contributed by atoms with E-state index in [1.165, 1.54) is 126 Å². The predicted octanol–water partition coefficient (Wildman–Crippen LogP) is 12.0. The van der Waals surface area contributed by atoms with E-state index in [1.54, 1.807) is 4.88 Å². The number of hydrogen-bond acceptors (Lipinski definition) is 3. The maximum Gasteiger partial charge on any atom is 0.0583 e. The van der Waals surface area contributed by atoms with E-state index in [0.29, 0.717) is 4.75 Å². The van der Waals surface area contributed by atoms with Crippen LogP contribution in [-0.4, -0.2) is 0 Å². The molecule has 0 nitrogen and oxygen atoms in total. The van der Waals surface area contributed by atoms with Crippen LogP contribution in [0.3, 0.4) is 0 Å². The van der Waals surface area contributed by atoms with Gasteiger partial charge in [0, 0.05) is 15.3 Å². The minimum atomic E-state index is 0.295. The van der Waals surface area contributed by atoms with E-state index in [-0.39, 0.29) is 0 Å². The average Bonchev–Trinajstić information content (AvgIpc) is 3.60. The van der Waals surface area contributed by atoms with Crippen LogP contribution in [0.5, 0.6) is 0 Å². The van der Waals surface area contributed by atoms with Gasteiger partial charge in [-0.05, 0) is 41.1 Å². The van der Waals surface area contributed by atoms with Gasteiger partial charge in [-0.2, -0.15) is 0 Å². The SMILES string of the molecule is CCCCCCCCCCCCCCCCCCC1(c2sccc2-c2cccs2)CC=CS1. The summed E-state index contributed by atoms with van der Waals surface area (Å²) in [6.45, 7) is 2.30. The van der Waals surface area contributed by atoms with Crippen molar-refractivity contribution in [2.75, 3.05) is 0 Å². The second kappa shape index (κ2) is 16.2. The Morgan fingerprint density at radius 2 is 1.30 bits per heavy atom. The quantitative estimate of drug-likeness (QED) is 0.172. The highest BCUT2D eigenvalue weighted by atomic mass is 32.2. The molecule has 3 rings (SSSR count). The first-order chi connectivity index (χ1) is 16.4. The summed E-state index contributed by atoms with van der Waals surface area (Å²) in [6, 6.07) is 6.81. The lowest BCUT2D eigenvalue weighted by Crippen LogP contribution is -2.17. The zero-order valence-electron chi connectivity index (χ0n) is 21.0. The van der Waals surface area contributed by atoms with E-state index >= 15 is 0 Å². The molecule has 1 aliphatic heterocycles. The van der Waals surface area contributed by atoms with Gasteiger partial charge in [0.15, 0.2) is 0 Å². The standard InChI is InChI=1S/C30H46S3/c1-2-3-4-5-6-7-8-9-10-11-12-13-14-15-16-17-22-30(23-19-25-33-30)29-27(21-26-32-29)28-20-18-24-31-28/h18-21,24-26H,2-17,22-23H2,1H3. The van der Waals surface area contributed by atoms with Gasteiger partial charge in [0.05, 0.1) is 4.75 Å². The Morgan fingerprint density at radius 3 is 1.82 bits per heavy atom. The van der Waals surface area contributed by atoms with Crippen LogP contribution in [0.4, 0.5) is 0 Å². The molecule has 0 amide bonds. The largest absolute Gasteiger partial charge is 0.147 e. The molecular weight excluding hydrogens is 457 g/mol. The van der Waals surface area contributed by atoms with Gasteiger partial charge in [-0.15, -0.1) is 34.4 Å². The molecule has 3 heteroatoms. The topological polar surface area (TPSA) is 0 Å². The first-order valence-electron chi connectivity index (χ1n) is 13.8. The Labute approximate surface area is 216 Å². The van der Waals surface area contributed by atoms with E-state index < -0.39 is 0 Å². The van der Waals surface area contributed by atoms with Gasteiger partial charge in [-0.3, -0.25) is 0 Å². The Hall–Kier alpha value is -0.510. The van der Waals surface area contributed by atoms with Gasteiger partial charge >= 0.3 is 0 Å². The number of rotatable bonds is 19. The lowest BCUT2D eigenvalue weighted by Gasteiger charge is -2.28. The maximum absolute atomic E-state index is 2.40. The van der Waals surface area contributed by atoms with Gasteiger partial charge in [-0.1, -0.05) is 122 Å². The van der Waals surface area contributed by atoms with Crippen LogP contribution < -0.4 is 0 Å². The van der Waals surface area contributed by atoms with Crippen LogP contribution >= 0.6 is 34.4 Å². The molecule has 0 aromatic carbocycles. The highest BCUT2D eigenvalue weighted by Gasteiger charge is 2.36. The third-order valence-electron chi connectivity index (χ3n) is 7.14. The second-order valence-corrected chi connectivity index (χ2v) is 13.0. The first-order valence-corrected chi connectivity index (χ1v) is 16.4. The summed E-state index contributed by atoms with van der Waals surface area (Å²) in [5.74, 6) is 0. The van der Waals surface area contributed by atoms with Crippen molar-refractivity contribution in [3.05, 3.63) is 45.3 Å². The summed E-state index contributed by atoms with van der Waals surface area (Å²) in [5, 5.41) is 6.86. The Balaban J connectivity index is 1.22. The molecule has 33 heavy (non-hydrogen) atoms. The predicted molar refractivity (Wildman–Crippen MR) is 155 cm³/mol. The van der Waals surface area contributed by atoms with Crippen LogP contribution in [0.25, 0.3) is 10.4 Å². The molecule has 2 aromatic rings. The van der Waals surface area contributed by atoms with E-state index in [4.69, 9.17) is 0 Å². The molecule has 0 aliphatic carbocycles. The zero-order chi connectivity index (χ0) is 23.0. The smallest absolute Gasteiger partial charge is 0.0583 e. The summed E-state index contributed by atoms with van der Waals surface area (Å²) < 4.78 is 0.295. The molecule has 0 fully saturated rings. The van der Waals surface area contributed by atoms with Crippen molar-refractivity contribution in [2.24, 2.45) is 0 Å². The van der Waals surface area contributed by atoms with Gasteiger partial charge in [0.1, 0.15) is 0 Å². The molecule has 0 saturated carbocycles. The summed E-state index contributed by atoms with van der Waals surface area (Å²) in [6.07, 6.45) is 28.0. The second-order valence-electron chi connectivity index (χ2n) is 9.88. The third kappa shape index (κ3) is 9.22. The molecule has 184 valence electrons. The average molecular weight is 503 g/mol. The van der Waals surface area contributed by atoms with Gasteiger partial charge < -0.3 is 0 Å². The highest BCUT2D eigenvalue weighted by molar-refractivity contribution is 8.03. The van der Waals surface area contributed by atoms with Crippen LogP contribution in [0.2, 0.25) is 0 Å². The van der Waals surface area contributed by atoms with Crippen molar-refractivity contribution >= 4 is 34.4 Å². The number of hydrogen-bond donors (Lipinski definition) is 0. The fourth-order valence-electron chi connectivity index (χ4n) is 5.13. The maximum atomic E-state index is 2.40. The molecule has 1 aliphatic rings. The van der Waals surface area contributed by atoms with E-state index in [0.717, 1.165) is 0 Å². The van der Waals surface area contributed by atoms with Crippen molar-refractivity contribution < 1.29 is 0 Å². The summed E-state index contributed by atoms with van der Waals surface area (Å²) >= 11 is 5.94. The number of unbranched alkanes of at least 4 members (excludes halogenated alkanes) is 15. The van der Waals surface area contributed by atoms with Crippen LogP contribution in [0.1, 0.15) is 127 Å². The Morgan fingerprint density at radius 1 is 0.697 bits per heavy atom. The van der Waals surface area contributed by atoms with Crippen LogP contribution in [-0.2, 0) is 4.75 Å². The molecule has 0 radical (unpaired) electrons. The fraction of sp³-hybridized carbons (Fsp3) is 0.667. The van der Waals surface area contributed by atoms with E-state index in [2.05, 4.69) is 59.1 Å². The molecule has 2 aromatic heterocycles.